The van der Waals surface area contributed by atoms with Gasteiger partial charge in [-0.15, -0.1) is 0 Å². The Morgan fingerprint density at radius 3 is 2.80 bits per heavy atom. The molecule has 0 aliphatic rings. The van der Waals surface area contributed by atoms with Crippen LogP contribution >= 0.6 is 11.6 Å². The predicted molar refractivity (Wildman–Crippen MR) is 53.0 cm³/mol. The highest BCUT2D eigenvalue weighted by atomic mass is 35.5. The lowest BCUT2D eigenvalue weighted by molar-refractivity contribution is -0.148. The first-order valence-electron chi connectivity index (χ1n) is 4.27. The highest BCUT2D eigenvalue weighted by Gasteiger charge is 2.17. The molecular formula is C10H10ClFO3. The third-order valence-corrected chi connectivity index (χ3v) is 2.11. The zero-order chi connectivity index (χ0) is 11.4. The van der Waals surface area contributed by atoms with E-state index in [9.17, 15) is 9.18 Å². The standard InChI is InChI=1S/C10H10ClFO3/c1-6(14)15-10(5-13)8-3-2-7(12)4-9(8)11/h2-4,10,13H,5H2,1H3. The Hall–Kier alpha value is -1.13. The van der Waals surface area contributed by atoms with Crippen LogP contribution in [0.4, 0.5) is 4.39 Å². The molecule has 0 aliphatic carbocycles. The van der Waals surface area contributed by atoms with Crippen molar-refractivity contribution in [2.24, 2.45) is 0 Å². The zero-order valence-corrected chi connectivity index (χ0v) is 8.79. The number of carbonyl (C=O) groups is 1. The van der Waals surface area contributed by atoms with Crippen LogP contribution in [0.3, 0.4) is 0 Å². The second kappa shape index (κ2) is 5.09. The van der Waals surface area contributed by atoms with Gasteiger partial charge in [0.2, 0.25) is 0 Å². The third kappa shape index (κ3) is 3.18. The maximum absolute atomic E-state index is 12.7. The molecule has 1 atom stereocenters. The molecule has 15 heavy (non-hydrogen) atoms. The fraction of sp³-hybridized carbons (Fsp3) is 0.300. The molecule has 0 heterocycles. The molecule has 1 aromatic carbocycles. The molecule has 0 saturated heterocycles. The van der Waals surface area contributed by atoms with E-state index in [0.29, 0.717) is 5.56 Å². The number of carbonyl (C=O) groups excluding carboxylic acids is 1. The van der Waals surface area contributed by atoms with Crippen LogP contribution in [0, 0.1) is 5.82 Å². The van der Waals surface area contributed by atoms with Gasteiger partial charge in [-0.05, 0) is 12.1 Å². The Morgan fingerprint density at radius 2 is 2.33 bits per heavy atom. The van der Waals surface area contributed by atoms with Gasteiger partial charge in [-0.25, -0.2) is 4.39 Å². The summed E-state index contributed by atoms with van der Waals surface area (Å²) >= 11 is 5.74. The van der Waals surface area contributed by atoms with Gasteiger partial charge in [-0.2, -0.15) is 0 Å². The molecule has 0 fully saturated rings. The first-order chi connectivity index (χ1) is 7.04. The number of esters is 1. The van der Waals surface area contributed by atoms with Crippen LogP contribution in [-0.2, 0) is 9.53 Å². The lowest BCUT2D eigenvalue weighted by atomic mass is 10.1. The average Bonchev–Trinajstić information content (AvgIpc) is 2.14. The molecular weight excluding hydrogens is 223 g/mol. The van der Waals surface area contributed by atoms with E-state index in [1.807, 2.05) is 0 Å². The highest BCUT2D eigenvalue weighted by Crippen LogP contribution is 2.26. The topological polar surface area (TPSA) is 46.5 Å². The van der Waals surface area contributed by atoms with Gasteiger partial charge in [0.15, 0.2) is 6.10 Å². The summed E-state index contributed by atoms with van der Waals surface area (Å²) in [6.45, 7) is 0.824. The maximum Gasteiger partial charge on any atom is 0.303 e. The van der Waals surface area contributed by atoms with Crippen molar-refractivity contribution < 1.29 is 19.0 Å². The van der Waals surface area contributed by atoms with Crippen molar-refractivity contribution in [3.63, 3.8) is 0 Å². The van der Waals surface area contributed by atoms with E-state index in [1.165, 1.54) is 19.1 Å². The Morgan fingerprint density at radius 1 is 1.67 bits per heavy atom. The molecule has 5 heteroatoms. The maximum atomic E-state index is 12.7. The van der Waals surface area contributed by atoms with Crippen LogP contribution in [0.25, 0.3) is 0 Å². The van der Waals surface area contributed by atoms with Gasteiger partial charge in [0.1, 0.15) is 5.82 Å². The molecule has 0 bridgehead atoms. The molecule has 3 nitrogen and oxygen atoms in total. The quantitative estimate of drug-likeness (QED) is 0.812. The van der Waals surface area contributed by atoms with Crippen LogP contribution in [0.1, 0.15) is 18.6 Å². The molecule has 0 saturated carbocycles. The third-order valence-electron chi connectivity index (χ3n) is 1.78. The van der Waals surface area contributed by atoms with Crippen molar-refractivity contribution in [3.8, 4) is 0 Å². The van der Waals surface area contributed by atoms with Crippen LogP contribution in [-0.4, -0.2) is 17.7 Å². The summed E-state index contributed by atoms with van der Waals surface area (Å²) in [6, 6.07) is 3.66. The first-order valence-corrected chi connectivity index (χ1v) is 4.65. The summed E-state index contributed by atoms with van der Waals surface area (Å²) < 4.78 is 17.5. The second-order valence-electron chi connectivity index (χ2n) is 2.95. The molecule has 1 N–H and O–H groups in total. The summed E-state index contributed by atoms with van der Waals surface area (Å²) in [4.78, 5) is 10.7. The molecule has 0 aromatic heterocycles. The smallest absolute Gasteiger partial charge is 0.303 e. The van der Waals surface area contributed by atoms with Crippen molar-refractivity contribution in [2.45, 2.75) is 13.0 Å². The molecule has 1 unspecified atom stereocenters. The average molecular weight is 233 g/mol. The Bertz CT molecular complexity index is 368. The number of benzene rings is 1. The molecule has 0 spiro atoms. The van der Waals surface area contributed by atoms with Gasteiger partial charge in [0.25, 0.3) is 0 Å². The van der Waals surface area contributed by atoms with E-state index in [-0.39, 0.29) is 5.02 Å². The van der Waals surface area contributed by atoms with Gasteiger partial charge in [-0.3, -0.25) is 4.79 Å². The Labute approximate surface area is 91.4 Å². The van der Waals surface area contributed by atoms with Gasteiger partial charge >= 0.3 is 5.97 Å². The number of hydrogen-bond donors (Lipinski definition) is 1. The van der Waals surface area contributed by atoms with Crippen LogP contribution < -0.4 is 0 Å². The van der Waals surface area contributed by atoms with Crippen molar-refractivity contribution >= 4 is 17.6 Å². The van der Waals surface area contributed by atoms with Gasteiger partial charge in [0.05, 0.1) is 11.6 Å². The number of rotatable bonds is 3. The summed E-state index contributed by atoms with van der Waals surface area (Å²) in [7, 11) is 0. The van der Waals surface area contributed by atoms with Crippen LogP contribution in [0.2, 0.25) is 5.02 Å². The van der Waals surface area contributed by atoms with E-state index in [0.717, 1.165) is 6.07 Å². The van der Waals surface area contributed by atoms with Crippen molar-refractivity contribution in [1.82, 2.24) is 0 Å². The van der Waals surface area contributed by atoms with E-state index in [2.05, 4.69) is 0 Å². The Balaban J connectivity index is 2.96. The van der Waals surface area contributed by atoms with Crippen molar-refractivity contribution in [1.29, 1.82) is 0 Å². The summed E-state index contributed by atoms with van der Waals surface area (Å²) in [5, 5.41) is 9.11. The minimum atomic E-state index is -0.851. The molecule has 1 aromatic rings. The minimum Gasteiger partial charge on any atom is -0.455 e. The van der Waals surface area contributed by atoms with Crippen molar-refractivity contribution in [2.75, 3.05) is 6.61 Å². The molecule has 0 radical (unpaired) electrons. The predicted octanol–water partition coefficient (Wildman–Crippen LogP) is 2.08. The SMILES string of the molecule is CC(=O)OC(CO)c1ccc(F)cc1Cl. The largest absolute Gasteiger partial charge is 0.455 e. The molecule has 1 rings (SSSR count). The molecule has 0 amide bonds. The van der Waals surface area contributed by atoms with Crippen LogP contribution in [0.15, 0.2) is 18.2 Å². The summed E-state index contributed by atoms with van der Waals surface area (Å²) in [5.41, 5.74) is 0.385. The van der Waals surface area contributed by atoms with Crippen molar-refractivity contribution in [3.05, 3.63) is 34.6 Å². The zero-order valence-electron chi connectivity index (χ0n) is 8.04. The molecule has 0 aliphatic heterocycles. The summed E-state index contributed by atoms with van der Waals surface area (Å²) in [5.74, 6) is -1.02. The number of aliphatic hydroxyl groups excluding tert-OH is 1. The summed E-state index contributed by atoms with van der Waals surface area (Å²) in [6.07, 6.45) is -0.851. The number of aliphatic hydroxyl groups is 1. The fourth-order valence-corrected chi connectivity index (χ4v) is 1.45. The fourth-order valence-electron chi connectivity index (χ4n) is 1.16. The Kier molecular flexibility index (Phi) is 4.05. The van der Waals surface area contributed by atoms with Gasteiger partial charge in [-0.1, -0.05) is 17.7 Å². The monoisotopic (exact) mass is 232 g/mol. The number of hydrogen-bond acceptors (Lipinski definition) is 3. The minimum absolute atomic E-state index is 0.121. The highest BCUT2D eigenvalue weighted by molar-refractivity contribution is 6.31. The second-order valence-corrected chi connectivity index (χ2v) is 3.35. The first kappa shape index (κ1) is 11.9. The van der Waals surface area contributed by atoms with Gasteiger partial charge in [0, 0.05) is 12.5 Å². The normalized spacial score (nSPS) is 12.3. The van der Waals surface area contributed by atoms with E-state index >= 15 is 0 Å². The van der Waals surface area contributed by atoms with E-state index in [1.54, 1.807) is 0 Å². The van der Waals surface area contributed by atoms with E-state index < -0.39 is 24.5 Å². The molecule has 82 valence electrons. The van der Waals surface area contributed by atoms with Gasteiger partial charge < -0.3 is 9.84 Å². The number of halogens is 2. The lowest BCUT2D eigenvalue weighted by Crippen LogP contribution is -2.12. The van der Waals surface area contributed by atoms with Crippen LogP contribution in [0.5, 0.6) is 0 Å². The lowest BCUT2D eigenvalue weighted by Gasteiger charge is -2.15. The van der Waals surface area contributed by atoms with E-state index in [4.69, 9.17) is 21.4 Å². The number of ether oxygens (including phenoxy) is 1.